The molecular weight excluding hydrogens is 805 g/mol. The van der Waals surface area contributed by atoms with Gasteiger partial charge in [0, 0.05) is 12.8 Å². The summed E-state index contributed by atoms with van der Waals surface area (Å²) in [4.78, 5) is 46.0. The smallest absolute Gasteiger partial charge is 0.472 e. The number of ether oxygens (including phenoxy) is 2. The molecule has 0 aliphatic heterocycles. The lowest BCUT2D eigenvalue weighted by molar-refractivity contribution is -0.161. The average Bonchev–Trinajstić information content (AvgIpc) is 3.22. The maximum atomic E-state index is 12.6. The zero-order valence-corrected chi connectivity index (χ0v) is 37.4. The first-order chi connectivity index (χ1) is 29.3. The van der Waals surface area contributed by atoms with Gasteiger partial charge in [-0.05, 0) is 64.2 Å². The fourth-order valence-corrected chi connectivity index (χ4v) is 6.11. The number of phosphoric ester groups is 1. The number of allylic oxidation sites excluding steroid dienone is 12. The highest BCUT2D eigenvalue weighted by Gasteiger charge is 2.28. The molecule has 0 saturated heterocycles. The Labute approximate surface area is 364 Å². The van der Waals surface area contributed by atoms with E-state index in [2.05, 4.69) is 54.8 Å². The number of phosphoric acid groups is 1. The third kappa shape index (κ3) is 38.0. The second-order valence-corrected chi connectivity index (χ2v) is 16.1. The quantitative estimate of drug-likeness (QED) is 0.0112. The van der Waals surface area contributed by atoms with Crippen LogP contribution in [0.2, 0.25) is 0 Å². The van der Waals surface area contributed by atoms with Gasteiger partial charge >= 0.3 is 25.7 Å². The number of unbranched alkanes of at least 4 members (excludes halogenated alkanes) is 9. The number of hydrogen-bond donors (Lipinski definition) is 6. The zero-order valence-electron chi connectivity index (χ0n) is 36.6. The molecule has 1 unspecified atom stereocenters. The van der Waals surface area contributed by atoms with E-state index in [4.69, 9.17) is 24.8 Å². The summed E-state index contributed by atoms with van der Waals surface area (Å²) in [5.41, 5.74) is 5.31. The molecule has 0 amide bonds. The van der Waals surface area contributed by atoms with Gasteiger partial charge in [0.05, 0.1) is 31.5 Å². The summed E-state index contributed by atoms with van der Waals surface area (Å²) >= 11 is 0. The Morgan fingerprint density at radius 3 is 1.80 bits per heavy atom. The monoisotopic (exact) mass is 882 g/mol. The molecule has 14 nitrogen and oxygen atoms in total. The summed E-state index contributed by atoms with van der Waals surface area (Å²) in [6.45, 7) is 2.28. The Hall–Kier alpha value is -3.46. The molecule has 0 spiro atoms. The summed E-state index contributed by atoms with van der Waals surface area (Å²) < 4.78 is 32.4. The first kappa shape index (κ1) is 57.5. The second-order valence-electron chi connectivity index (χ2n) is 14.7. The maximum absolute atomic E-state index is 12.6. The highest BCUT2D eigenvalue weighted by atomic mass is 31.2. The molecule has 0 aliphatic carbocycles. The minimum atomic E-state index is -4.81. The molecule has 348 valence electrons. The molecule has 0 saturated carbocycles. The fourth-order valence-electron chi connectivity index (χ4n) is 5.34. The molecule has 0 heterocycles. The SMILES string of the molecule is CCCCC/C=C\C/C=C\C/C=C\CCCCCCC(=O)O[C@H](COC(=O)CCC[C@@H](O)[C@H](O)/C=C/C=C/C=C\C=C\[C@H](O)CCCCC)COP(=O)(O)OC[C@H](N)C(=O)O. The van der Waals surface area contributed by atoms with E-state index >= 15 is 0 Å². The van der Waals surface area contributed by atoms with Crippen LogP contribution in [0.25, 0.3) is 0 Å². The van der Waals surface area contributed by atoms with Crippen LogP contribution in [0.3, 0.4) is 0 Å². The van der Waals surface area contributed by atoms with Crippen molar-refractivity contribution in [2.45, 2.75) is 166 Å². The Kier molecular flexibility index (Phi) is 37.2. The van der Waals surface area contributed by atoms with E-state index in [1.165, 1.54) is 25.3 Å². The maximum Gasteiger partial charge on any atom is 0.472 e. The van der Waals surface area contributed by atoms with Crippen LogP contribution in [0.5, 0.6) is 0 Å². The highest BCUT2D eigenvalue weighted by Crippen LogP contribution is 2.43. The van der Waals surface area contributed by atoms with Crippen LogP contribution in [-0.2, 0) is 37.5 Å². The number of aliphatic hydroxyl groups excluding tert-OH is 3. The van der Waals surface area contributed by atoms with Gasteiger partial charge in [-0.2, -0.15) is 0 Å². The van der Waals surface area contributed by atoms with E-state index in [9.17, 15) is 39.2 Å². The molecule has 0 rings (SSSR count). The van der Waals surface area contributed by atoms with Crippen LogP contribution in [0.1, 0.15) is 136 Å². The van der Waals surface area contributed by atoms with Gasteiger partial charge in [-0.1, -0.05) is 144 Å². The number of carboxylic acids is 1. The van der Waals surface area contributed by atoms with Gasteiger partial charge in [0.1, 0.15) is 12.6 Å². The number of nitrogens with two attached hydrogens (primary N) is 1. The molecule has 6 atom stereocenters. The van der Waals surface area contributed by atoms with Gasteiger partial charge in [-0.15, -0.1) is 0 Å². The largest absolute Gasteiger partial charge is 0.480 e. The van der Waals surface area contributed by atoms with Crippen molar-refractivity contribution in [3.8, 4) is 0 Å². The van der Waals surface area contributed by atoms with E-state index in [-0.39, 0.29) is 25.7 Å². The zero-order chi connectivity index (χ0) is 45.4. The summed E-state index contributed by atoms with van der Waals surface area (Å²) in [6, 6.07) is -1.58. The van der Waals surface area contributed by atoms with Crippen molar-refractivity contribution in [3.63, 3.8) is 0 Å². The topological polar surface area (TPSA) is 232 Å². The number of aliphatic carboxylic acids is 1. The Bertz CT molecular complexity index is 1410. The standard InChI is InChI=1S/C46H76NO13P/c1-3-5-7-8-9-10-11-12-13-14-15-16-17-18-19-24-28-34-45(52)60-40(37-58-61(55,56)59-38-41(47)46(53)54)36-57-44(51)35-29-33-43(50)42(49)32-27-23-21-20-22-26-31-39(48)30-25-6-4-2/h9-10,12-13,15-16,20-23,26-27,31-32,39-43,48-50H,3-8,11,14,17-19,24-25,28-30,33-38,47H2,1-2H3,(H,53,54)(H,55,56)/b10-9-,13-12-,16-15-,22-20-,23-21+,31-26+,32-27+/t39-,40-,41+,42-,43-/m1/s1. The molecule has 61 heavy (non-hydrogen) atoms. The van der Waals surface area contributed by atoms with Crippen LogP contribution < -0.4 is 5.73 Å². The molecular formula is C46H76NO13P. The lowest BCUT2D eigenvalue weighted by Gasteiger charge is -2.20. The molecule has 15 heteroatoms. The van der Waals surface area contributed by atoms with E-state index in [1.54, 1.807) is 42.5 Å². The van der Waals surface area contributed by atoms with E-state index in [0.29, 0.717) is 6.42 Å². The van der Waals surface area contributed by atoms with Crippen molar-refractivity contribution in [3.05, 3.63) is 85.1 Å². The molecule has 0 bridgehead atoms. The molecule has 0 aromatic carbocycles. The average molecular weight is 882 g/mol. The normalized spacial score (nSPS) is 16.0. The summed E-state index contributed by atoms with van der Waals surface area (Å²) in [5.74, 6) is -2.79. The third-order valence-corrected chi connectivity index (χ3v) is 9.93. The van der Waals surface area contributed by atoms with Crippen LogP contribution in [0, 0.1) is 0 Å². The van der Waals surface area contributed by atoms with Crippen molar-refractivity contribution in [1.29, 1.82) is 0 Å². The Morgan fingerprint density at radius 1 is 0.623 bits per heavy atom. The minimum absolute atomic E-state index is 0.0572. The predicted octanol–water partition coefficient (Wildman–Crippen LogP) is 8.41. The number of hydrogen-bond acceptors (Lipinski definition) is 12. The number of aliphatic hydroxyl groups is 3. The van der Waals surface area contributed by atoms with Crippen molar-refractivity contribution in [1.82, 2.24) is 0 Å². The van der Waals surface area contributed by atoms with E-state index in [1.807, 2.05) is 0 Å². The molecule has 0 fully saturated rings. The highest BCUT2D eigenvalue weighted by molar-refractivity contribution is 7.47. The van der Waals surface area contributed by atoms with Crippen LogP contribution in [-0.4, -0.2) is 93.5 Å². The number of carboxylic acid groups (broad SMARTS) is 1. The van der Waals surface area contributed by atoms with Crippen LogP contribution in [0.15, 0.2) is 85.1 Å². The van der Waals surface area contributed by atoms with Gasteiger partial charge in [0.25, 0.3) is 0 Å². The summed E-state index contributed by atoms with van der Waals surface area (Å²) in [7, 11) is -4.81. The van der Waals surface area contributed by atoms with Crippen molar-refractivity contribution >= 4 is 25.7 Å². The van der Waals surface area contributed by atoms with Crippen molar-refractivity contribution < 1.29 is 62.8 Å². The predicted molar refractivity (Wildman–Crippen MR) is 239 cm³/mol. The van der Waals surface area contributed by atoms with E-state index < -0.39 is 76.0 Å². The number of rotatable bonds is 39. The lowest BCUT2D eigenvalue weighted by Crippen LogP contribution is -2.34. The van der Waals surface area contributed by atoms with Crippen molar-refractivity contribution in [2.24, 2.45) is 5.73 Å². The van der Waals surface area contributed by atoms with Gasteiger partial charge < -0.3 is 40.5 Å². The van der Waals surface area contributed by atoms with Crippen LogP contribution >= 0.6 is 7.82 Å². The van der Waals surface area contributed by atoms with Gasteiger partial charge in [-0.3, -0.25) is 23.4 Å². The number of carbonyl (C=O) groups is 3. The minimum Gasteiger partial charge on any atom is -0.480 e. The summed E-state index contributed by atoms with van der Waals surface area (Å²) in [6.07, 6.45) is 37.3. The van der Waals surface area contributed by atoms with E-state index in [0.717, 1.165) is 70.6 Å². The fraction of sp³-hybridized carbons (Fsp3) is 0.630. The molecule has 0 aromatic rings. The first-order valence-electron chi connectivity index (χ1n) is 21.9. The van der Waals surface area contributed by atoms with Gasteiger partial charge in [-0.25, -0.2) is 4.57 Å². The number of carbonyl (C=O) groups excluding carboxylic acids is 2. The first-order valence-corrected chi connectivity index (χ1v) is 23.4. The molecule has 0 aliphatic rings. The molecule has 7 N–H and O–H groups in total. The Morgan fingerprint density at radius 2 is 1.16 bits per heavy atom. The summed E-state index contributed by atoms with van der Waals surface area (Å²) in [5, 5.41) is 39.3. The van der Waals surface area contributed by atoms with Gasteiger partial charge in [0.15, 0.2) is 6.10 Å². The van der Waals surface area contributed by atoms with Gasteiger partial charge in [0.2, 0.25) is 0 Å². The number of esters is 2. The van der Waals surface area contributed by atoms with Crippen LogP contribution in [0.4, 0.5) is 0 Å². The third-order valence-electron chi connectivity index (χ3n) is 8.98. The molecule has 0 radical (unpaired) electrons. The van der Waals surface area contributed by atoms with Crippen molar-refractivity contribution in [2.75, 3.05) is 19.8 Å². The Balaban J connectivity index is 4.74. The molecule has 0 aromatic heterocycles. The second kappa shape index (κ2) is 39.4. The lowest BCUT2D eigenvalue weighted by atomic mass is 10.1.